The topological polar surface area (TPSA) is 107 Å². The van der Waals surface area contributed by atoms with Crippen LogP contribution in [0.3, 0.4) is 0 Å². The van der Waals surface area contributed by atoms with Crippen molar-refractivity contribution in [1.82, 2.24) is 25.2 Å². The highest BCUT2D eigenvalue weighted by Crippen LogP contribution is 2.27. The lowest BCUT2D eigenvalue weighted by Crippen LogP contribution is -2.41. The summed E-state index contributed by atoms with van der Waals surface area (Å²) in [5, 5.41) is 2.50. The molecule has 1 N–H and O–H groups in total. The van der Waals surface area contributed by atoms with Crippen molar-refractivity contribution in [2.24, 2.45) is 0 Å². The molecule has 180 valence electrons. The lowest BCUT2D eigenvalue weighted by Gasteiger charge is -2.23. The Morgan fingerprint density at radius 3 is 2.56 bits per heavy atom. The molecule has 2 aromatic rings. The number of aromatic nitrogens is 3. The van der Waals surface area contributed by atoms with Crippen LogP contribution in [0, 0.1) is 0 Å². The van der Waals surface area contributed by atoms with Gasteiger partial charge in [0, 0.05) is 44.3 Å². The summed E-state index contributed by atoms with van der Waals surface area (Å²) in [5.74, 6) is -0.0982. The van der Waals surface area contributed by atoms with Crippen LogP contribution in [0.1, 0.15) is 44.2 Å². The number of amides is 2. The summed E-state index contributed by atoms with van der Waals surface area (Å²) in [4.78, 5) is 38.4. The number of ether oxygens (including phenoxy) is 2. The van der Waals surface area contributed by atoms with Gasteiger partial charge in [0.25, 0.3) is 0 Å². The average molecular weight is 466 g/mol. The molecule has 1 unspecified atom stereocenters. The van der Waals surface area contributed by atoms with E-state index < -0.39 is 11.7 Å². The van der Waals surface area contributed by atoms with E-state index in [0.29, 0.717) is 19.2 Å². The Hall–Kier alpha value is -3.75. The molecule has 9 nitrogen and oxygen atoms in total. The molecule has 0 aromatic carbocycles. The van der Waals surface area contributed by atoms with Gasteiger partial charge < -0.3 is 19.7 Å². The number of carbonyl (C=O) groups excluding carboxylic acids is 2. The number of hydrogen-bond donors (Lipinski definition) is 1. The van der Waals surface area contributed by atoms with Gasteiger partial charge in [-0.3, -0.25) is 9.78 Å². The first kappa shape index (κ1) is 24.9. The van der Waals surface area contributed by atoms with Gasteiger partial charge >= 0.3 is 12.1 Å². The average Bonchev–Trinajstić information content (AvgIpc) is 2.81. The number of pyridine rings is 1. The second-order valence-corrected chi connectivity index (χ2v) is 9.03. The third-order valence-corrected chi connectivity index (χ3v) is 4.96. The van der Waals surface area contributed by atoms with Gasteiger partial charge in [0.1, 0.15) is 18.8 Å². The van der Waals surface area contributed by atoms with Crippen LogP contribution in [-0.2, 0) is 16.1 Å². The fourth-order valence-corrected chi connectivity index (χ4v) is 3.26. The SMILES string of the molecule is CN(CC1=CC(c2cnc(OCc3ccncc3)nc2)CC=C1)C(=O)CNC(=O)OC(C)(C)C. The molecule has 1 aliphatic rings. The monoisotopic (exact) mass is 465 g/mol. The van der Waals surface area contributed by atoms with Crippen LogP contribution >= 0.6 is 0 Å². The van der Waals surface area contributed by atoms with Gasteiger partial charge in [-0.05, 0) is 56.0 Å². The smallest absolute Gasteiger partial charge is 0.408 e. The summed E-state index contributed by atoms with van der Waals surface area (Å²) in [6, 6.07) is 4.08. The van der Waals surface area contributed by atoms with E-state index in [1.807, 2.05) is 18.2 Å². The first-order valence-corrected chi connectivity index (χ1v) is 11.1. The normalized spacial score (nSPS) is 15.3. The molecule has 3 rings (SSSR count). The lowest BCUT2D eigenvalue weighted by molar-refractivity contribution is -0.128. The zero-order valence-corrected chi connectivity index (χ0v) is 20.0. The molecule has 1 atom stereocenters. The standard InChI is InChI=1S/C25H31N5O4/c1-25(2,3)34-24(32)29-15-22(31)30(4)16-19-6-5-7-20(12-19)21-13-27-23(28-14-21)33-17-18-8-10-26-11-9-18/h5-6,8-14,20H,7,15-17H2,1-4H3,(H,29,32). The molecule has 34 heavy (non-hydrogen) atoms. The van der Waals surface area contributed by atoms with Crippen LogP contribution in [0.4, 0.5) is 4.79 Å². The number of rotatable bonds is 8. The van der Waals surface area contributed by atoms with Crippen molar-refractivity contribution in [3.05, 3.63) is 71.8 Å². The molecule has 0 bridgehead atoms. The van der Waals surface area contributed by atoms with Crippen LogP contribution < -0.4 is 10.1 Å². The van der Waals surface area contributed by atoms with Crippen molar-refractivity contribution in [2.75, 3.05) is 20.1 Å². The van der Waals surface area contributed by atoms with Crippen molar-refractivity contribution in [1.29, 1.82) is 0 Å². The zero-order valence-electron chi connectivity index (χ0n) is 20.0. The van der Waals surface area contributed by atoms with Gasteiger partial charge in [0.05, 0.1) is 0 Å². The Morgan fingerprint density at radius 1 is 1.18 bits per heavy atom. The molecule has 2 amide bonds. The van der Waals surface area contributed by atoms with Crippen molar-refractivity contribution >= 4 is 12.0 Å². The quantitative estimate of drug-likeness (QED) is 0.637. The largest absolute Gasteiger partial charge is 0.459 e. The summed E-state index contributed by atoms with van der Waals surface area (Å²) in [6.07, 6.45) is 13.4. The number of likely N-dealkylation sites (N-methyl/N-ethyl adjacent to an activating group) is 1. The van der Waals surface area contributed by atoms with Gasteiger partial charge in [-0.15, -0.1) is 0 Å². The number of allylic oxidation sites excluding steroid dienone is 2. The molecular formula is C25H31N5O4. The summed E-state index contributed by atoms with van der Waals surface area (Å²) in [5.41, 5.74) is 2.35. The predicted octanol–water partition coefficient (Wildman–Crippen LogP) is 3.40. The molecule has 0 fully saturated rings. The van der Waals surface area contributed by atoms with Crippen LogP contribution in [0.15, 0.2) is 60.7 Å². The number of alkyl carbamates (subject to hydrolysis) is 1. The Balaban J connectivity index is 1.51. The van der Waals surface area contributed by atoms with E-state index in [0.717, 1.165) is 23.1 Å². The molecule has 0 saturated heterocycles. The van der Waals surface area contributed by atoms with Gasteiger partial charge in [0.15, 0.2) is 0 Å². The van der Waals surface area contributed by atoms with Gasteiger partial charge in [0.2, 0.25) is 5.91 Å². The summed E-state index contributed by atoms with van der Waals surface area (Å²) in [7, 11) is 1.70. The molecule has 2 heterocycles. The van der Waals surface area contributed by atoms with Crippen LogP contribution in [-0.4, -0.2) is 57.6 Å². The maximum Gasteiger partial charge on any atom is 0.408 e. The Morgan fingerprint density at radius 2 is 1.88 bits per heavy atom. The minimum Gasteiger partial charge on any atom is -0.459 e. The number of nitrogens with zero attached hydrogens (tertiary/aromatic N) is 4. The highest BCUT2D eigenvalue weighted by molar-refractivity contribution is 5.82. The van der Waals surface area contributed by atoms with Crippen molar-refractivity contribution in [2.45, 2.75) is 45.3 Å². The number of carbonyl (C=O) groups is 2. The summed E-state index contributed by atoms with van der Waals surface area (Å²) >= 11 is 0. The van der Waals surface area contributed by atoms with Crippen LogP contribution in [0.25, 0.3) is 0 Å². The van der Waals surface area contributed by atoms with Crippen LogP contribution in [0.5, 0.6) is 6.01 Å². The molecular weight excluding hydrogens is 434 g/mol. The van der Waals surface area contributed by atoms with Crippen molar-refractivity contribution in [3.8, 4) is 6.01 Å². The molecule has 9 heteroatoms. The third kappa shape index (κ3) is 7.99. The van der Waals surface area contributed by atoms with Gasteiger partial charge in [-0.2, -0.15) is 0 Å². The highest BCUT2D eigenvalue weighted by atomic mass is 16.6. The molecule has 2 aromatic heterocycles. The molecule has 0 radical (unpaired) electrons. The molecule has 0 saturated carbocycles. The minimum atomic E-state index is -0.612. The fourth-order valence-electron chi connectivity index (χ4n) is 3.26. The second-order valence-electron chi connectivity index (χ2n) is 9.03. The Bertz CT molecular complexity index is 1030. The van der Waals surface area contributed by atoms with Crippen LogP contribution in [0.2, 0.25) is 0 Å². The molecule has 0 aliphatic heterocycles. The maximum atomic E-state index is 12.4. The Kier molecular flexibility index (Phi) is 8.34. The lowest BCUT2D eigenvalue weighted by atomic mass is 9.91. The second kappa shape index (κ2) is 11.4. The van der Waals surface area contributed by atoms with E-state index in [9.17, 15) is 9.59 Å². The van der Waals surface area contributed by atoms with E-state index in [1.165, 1.54) is 0 Å². The molecule has 1 aliphatic carbocycles. The van der Waals surface area contributed by atoms with Gasteiger partial charge in [-0.1, -0.05) is 18.2 Å². The summed E-state index contributed by atoms with van der Waals surface area (Å²) in [6.45, 7) is 5.99. The summed E-state index contributed by atoms with van der Waals surface area (Å²) < 4.78 is 10.8. The third-order valence-electron chi connectivity index (χ3n) is 4.96. The molecule has 0 spiro atoms. The highest BCUT2D eigenvalue weighted by Gasteiger charge is 2.19. The predicted molar refractivity (Wildman–Crippen MR) is 127 cm³/mol. The van der Waals surface area contributed by atoms with E-state index in [-0.39, 0.29) is 18.4 Å². The zero-order chi connectivity index (χ0) is 24.6. The van der Waals surface area contributed by atoms with Gasteiger partial charge in [-0.25, -0.2) is 14.8 Å². The number of nitrogens with one attached hydrogen (secondary N) is 1. The van der Waals surface area contributed by atoms with Crippen molar-refractivity contribution in [3.63, 3.8) is 0 Å². The maximum absolute atomic E-state index is 12.4. The fraction of sp³-hybridized carbons (Fsp3) is 0.400. The van der Waals surface area contributed by atoms with Crippen molar-refractivity contribution < 1.29 is 19.1 Å². The minimum absolute atomic E-state index is 0.109. The number of hydrogen-bond acceptors (Lipinski definition) is 7. The Labute approximate surface area is 199 Å². The van der Waals surface area contributed by atoms with E-state index in [2.05, 4.69) is 32.4 Å². The first-order valence-electron chi connectivity index (χ1n) is 11.1. The first-order chi connectivity index (χ1) is 16.2. The van der Waals surface area contributed by atoms with E-state index in [4.69, 9.17) is 9.47 Å². The van der Waals surface area contributed by atoms with E-state index >= 15 is 0 Å². The van der Waals surface area contributed by atoms with E-state index in [1.54, 1.807) is 57.5 Å².